The van der Waals surface area contributed by atoms with E-state index in [1.807, 2.05) is 18.2 Å². The van der Waals surface area contributed by atoms with Crippen LogP contribution >= 0.6 is 11.6 Å². The normalized spacial score (nSPS) is 13.7. The van der Waals surface area contributed by atoms with E-state index in [1.54, 1.807) is 6.07 Å². The molecule has 2 N–H and O–H groups in total. The van der Waals surface area contributed by atoms with Gasteiger partial charge in [0.05, 0.1) is 13.2 Å². The predicted octanol–water partition coefficient (Wildman–Crippen LogP) is 3.00. The molecule has 1 unspecified atom stereocenters. The molecular formula is C14H21ClO2. The molecule has 1 rings (SSSR count). The zero-order valence-electron chi connectivity index (χ0n) is 10.5. The van der Waals surface area contributed by atoms with Gasteiger partial charge in [0.15, 0.2) is 0 Å². The Morgan fingerprint density at radius 2 is 1.82 bits per heavy atom. The lowest BCUT2D eigenvalue weighted by Crippen LogP contribution is -2.37. The second kappa shape index (κ2) is 6.39. The van der Waals surface area contributed by atoms with Crippen LogP contribution in [-0.2, 0) is 5.41 Å². The van der Waals surface area contributed by atoms with Crippen LogP contribution in [0.5, 0.6) is 0 Å². The summed E-state index contributed by atoms with van der Waals surface area (Å²) < 4.78 is 0. The van der Waals surface area contributed by atoms with Crippen molar-refractivity contribution in [2.75, 3.05) is 13.2 Å². The average Bonchev–Trinajstić information content (AvgIpc) is 2.36. The quantitative estimate of drug-likeness (QED) is 0.822. The highest BCUT2D eigenvalue weighted by Crippen LogP contribution is 2.35. The number of benzene rings is 1. The first kappa shape index (κ1) is 14.5. The van der Waals surface area contributed by atoms with E-state index in [4.69, 9.17) is 11.6 Å². The molecule has 0 aliphatic carbocycles. The molecule has 0 fully saturated rings. The molecular weight excluding hydrogens is 236 g/mol. The van der Waals surface area contributed by atoms with Gasteiger partial charge in [-0.25, -0.2) is 0 Å². The molecule has 1 aromatic carbocycles. The van der Waals surface area contributed by atoms with Crippen molar-refractivity contribution < 1.29 is 10.2 Å². The van der Waals surface area contributed by atoms with E-state index >= 15 is 0 Å². The van der Waals surface area contributed by atoms with Gasteiger partial charge in [-0.3, -0.25) is 0 Å². The molecule has 0 radical (unpaired) electrons. The highest BCUT2D eigenvalue weighted by molar-refractivity contribution is 6.31. The monoisotopic (exact) mass is 256 g/mol. The SMILES string of the molecule is CCC(C)CC(CO)(CO)c1ccccc1Cl. The van der Waals surface area contributed by atoms with Crippen LogP contribution < -0.4 is 0 Å². The lowest BCUT2D eigenvalue weighted by atomic mass is 9.74. The highest BCUT2D eigenvalue weighted by atomic mass is 35.5. The molecule has 0 saturated heterocycles. The predicted molar refractivity (Wildman–Crippen MR) is 71.4 cm³/mol. The fourth-order valence-corrected chi connectivity index (χ4v) is 2.50. The second-order valence-corrected chi connectivity index (χ2v) is 5.20. The summed E-state index contributed by atoms with van der Waals surface area (Å²) in [6.45, 7) is 4.06. The van der Waals surface area contributed by atoms with E-state index < -0.39 is 5.41 Å². The number of aliphatic hydroxyl groups is 2. The van der Waals surface area contributed by atoms with Gasteiger partial charge >= 0.3 is 0 Å². The molecule has 0 aliphatic rings. The third-order valence-corrected chi connectivity index (χ3v) is 3.82. The summed E-state index contributed by atoms with van der Waals surface area (Å²) in [5.74, 6) is 0.436. The van der Waals surface area contributed by atoms with Crippen molar-refractivity contribution in [3.63, 3.8) is 0 Å². The summed E-state index contributed by atoms with van der Waals surface area (Å²) in [7, 11) is 0. The largest absolute Gasteiger partial charge is 0.395 e. The third kappa shape index (κ3) is 3.21. The Morgan fingerprint density at radius 1 is 1.24 bits per heavy atom. The number of hydrogen-bond donors (Lipinski definition) is 2. The summed E-state index contributed by atoms with van der Waals surface area (Å²) in [6.07, 6.45) is 1.76. The number of halogens is 1. The Labute approximate surface area is 108 Å². The molecule has 17 heavy (non-hydrogen) atoms. The topological polar surface area (TPSA) is 40.5 Å². The molecule has 0 saturated carbocycles. The molecule has 3 heteroatoms. The zero-order chi connectivity index (χ0) is 12.9. The highest BCUT2D eigenvalue weighted by Gasteiger charge is 2.34. The van der Waals surface area contributed by atoms with Crippen molar-refractivity contribution in [1.82, 2.24) is 0 Å². The molecule has 2 nitrogen and oxygen atoms in total. The van der Waals surface area contributed by atoms with E-state index in [0.29, 0.717) is 10.9 Å². The van der Waals surface area contributed by atoms with Crippen LogP contribution in [-0.4, -0.2) is 23.4 Å². The van der Waals surface area contributed by atoms with E-state index in [1.165, 1.54) is 0 Å². The number of rotatable bonds is 6. The number of hydrogen-bond acceptors (Lipinski definition) is 2. The fourth-order valence-electron chi connectivity index (χ4n) is 2.16. The standard InChI is InChI=1S/C14H21ClO2/c1-3-11(2)8-14(9-16,10-17)12-6-4-5-7-13(12)15/h4-7,11,16-17H,3,8-10H2,1-2H3. The van der Waals surface area contributed by atoms with Crippen LogP contribution in [0.15, 0.2) is 24.3 Å². The molecule has 0 amide bonds. The van der Waals surface area contributed by atoms with Crippen LogP contribution in [0, 0.1) is 5.92 Å². The average molecular weight is 257 g/mol. The molecule has 1 atom stereocenters. The van der Waals surface area contributed by atoms with E-state index in [9.17, 15) is 10.2 Å². The smallest absolute Gasteiger partial charge is 0.0550 e. The van der Waals surface area contributed by atoms with Gasteiger partial charge in [0.2, 0.25) is 0 Å². The van der Waals surface area contributed by atoms with Crippen molar-refractivity contribution in [3.05, 3.63) is 34.9 Å². The van der Waals surface area contributed by atoms with Crippen molar-refractivity contribution in [3.8, 4) is 0 Å². The van der Waals surface area contributed by atoms with Gasteiger partial charge in [-0.1, -0.05) is 50.1 Å². The van der Waals surface area contributed by atoms with Crippen molar-refractivity contribution in [2.45, 2.75) is 32.1 Å². The maximum atomic E-state index is 9.68. The summed E-state index contributed by atoms with van der Waals surface area (Å²) in [5.41, 5.74) is 0.209. The fraction of sp³-hybridized carbons (Fsp3) is 0.571. The van der Waals surface area contributed by atoms with Gasteiger partial charge in [0, 0.05) is 10.4 Å². The molecule has 0 bridgehead atoms. The van der Waals surface area contributed by atoms with Crippen LogP contribution in [0.4, 0.5) is 0 Å². The minimum Gasteiger partial charge on any atom is -0.395 e. The van der Waals surface area contributed by atoms with Gasteiger partial charge in [0.25, 0.3) is 0 Å². The Morgan fingerprint density at radius 3 is 2.29 bits per heavy atom. The second-order valence-electron chi connectivity index (χ2n) is 4.79. The van der Waals surface area contributed by atoms with E-state index in [-0.39, 0.29) is 13.2 Å². The minimum atomic E-state index is -0.631. The molecule has 0 spiro atoms. The molecule has 0 heterocycles. The summed E-state index contributed by atoms with van der Waals surface area (Å²) >= 11 is 6.17. The first-order chi connectivity index (χ1) is 8.09. The molecule has 0 aliphatic heterocycles. The molecule has 96 valence electrons. The minimum absolute atomic E-state index is 0.0857. The van der Waals surface area contributed by atoms with Gasteiger partial charge < -0.3 is 10.2 Å². The lowest BCUT2D eigenvalue weighted by Gasteiger charge is -2.33. The number of aliphatic hydroxyl groups excluding tert-OH is 2. The van der Waals surface area contributed by atoms with Gasteiger partial charge in [0.1, 0.15) is 0 Å². The maximum absolute atomic E-state index is 9.68. The Balaban J connectivity index is 3.11. The van der Waals surface area contributed by atoms with Gasteiger partial charge in [-0.2, -0.15) is 0 Å². The van der Waals surface area contributed by atoms with Gasteiger partial charge in [-0.05, 0) is 24.0 Å². The molecule has 0 aromatic heterocycles. The lowest BCUT2D eigenvalue weighted by molar-refractivity contribution is 0.0965. The summed E-state index contributed by atoms with van der Waals surface area (Å²) in [4.78, 5) is 0. The summed E-state index contributed by atoms with van der Waals surface area (Å²) in [5, 5.41) is 20.0. The first-order valence-electron chi connectivity index (χ1n) is 6.06. The van der Waals surface area contributed by atoms with Crippen LogP contribution in [0.25, 0.3) is 0 Å². The van der Waals surface area contributed by atoms with Crippen molar-refractivity contribution in [1.29, 1.82) is 0 Å². The van der Waals surface area contributed by atoms with Crippen molar-refractivity contribution in [2.24, 2.45) is 5.92 Å². The maximum Gasteiger partial charge on any atom is 0.0550 e. The summed E-state index contributed by atoms with van der Waals surface area (Å²) in [6, 6.07) is 7.43. The zero-order valence-corrected chi connectivity index (χ0v) is 11.2. The van der Waals surface area contributed by atoms with Crippen LogP contribution in [0.3, 0.4) is 0 Å². The third-order valence-electron chi connectivity index (χ3n) is 3.49. The molecule has 1 aromatic rings. The van der Waals surface area contributed by atoms with E-state index in [2.05, 4.69) is 13.8 Å². The Hall–Kier alpha value is -0.570. The van der Waals surface area contributed by atoms with E-state index in [0.717, 1.165) is 18.4 Å². The van der Waals surface area contributed by atoms with Crippen molar-refractivity contribution >= 4 is 11.6 Å². The van der Waals surface area contributed by atoms with Gasteiger partial charge in [-0.15, -0.1) is 0 Å². The first-order valence-corrected chi connectivity index (χ1v) is 6.44. The Bertz CT molecular complexity index is 348. The Kier molecular flexibility index (Phi) is 5.44. The van der Waals surface area contributed by atoms with Crippen LogP contribution in [0.1, 0.15) is 32.3 Å². The van der Waals surface area contributed by atoms with Crippen LogP contribution in [0.2, 0.25) is 5.02 Å².